The summed E-state index contributed by atoms with van der Waals surface area (Å²) in [6.07, 6.45) is -2.71. The number of nitrogens with zero attached hydrogens (tertiary/aromatic N) is 1. The van der Waals surface area contributed by atoms with Crippen LogP contribution in [-0.2, 0) is 10.0 Å². The van der Waals surface area contributed by atoms with Gasteiger partial charge in [0.2, 0.25) is 10.0 Å². The number of hydrogen-bond donors (Lipinski definition) is 0. The van der Waals surface area contributed by atoms with Gasteiger partial charge in [-0.1, -0.05) is 15.9 Å². The van der Waals surface area contributed by atoms with Crippen LogP contribution in [-0.4, -0.2) is 32.7 Å². The highest BCUT2D eigenvalue weighted by Gasteiger charge is 2.26. The van der Waals surface area contributed by atoms with Gasteiger partial charge in [0, 0.05) is 16.0 Å². The number of sulfonamides is 1. The molecule has 0 aliphatic heterocycles. The minimum absolute atomic E-state index is 0.0388. The van der Waals surface area contributed by atoms with Crippen molar-refractivity contribution in [3.05, 3.63) is 26.6 Å². The molecular formula is C10H11Br2F2NO2S. The lowest BCUT2D eigenvalue weighted by molar-refractivity contribution is 0.126. The van der Waals surface area contributed by atoms with Crippen LogP contribution >= 0.6 is 31.9 Å². The van der Waals surface area contributed by atoms with Crippen LogP contribution in [0.2, 0.25) is 0 Å². The predicted molar refractivity (Wildman–Crippen MR) is 72.4 cm³/mol. The van der Waals surface area contributed by atoms with Crippen molar-refractivity contribution in [3.63, 3.8) is 0 Å². The SMILES string of the molecule is Cc1cc(Br)c(S(=O)(=O)N(C)CC(F)F)cc1Br. The van der Waals surface area contributed by atoms with Gasteiger partial charge in [-0.15, -0.1) is 0 Å². The van der Waals surface area contributed by atoms with Crippen molar-refractivity contribution in [1.29, 1.82) is 0 Å². The van der Waals surface area contributed by atoms with E-state index in [0.29, 0.717) is 13.3 Å². The lowest BCUT2D eigenvalue weighted by Gasteiger charge is -2.18. The number of alkyl halides is 2. The van der Waals surface area contributed by atoms with Gasteiger partial charge in [-0.25, -0.2) is 17.2 Å². The van der Waals surface area contributed by atoms with E-state index in [-0.39, 0.29) is 4.90 Å². The Bertz CT molecular complexity index is 549. The van der Waals surface area contributed by atoms with Crippen molar-refractivity contribution in [1.82, 2.24) is 4.31 Å². The molecule has 3 nitrogen and oxygen atoms in total. The molecule has 0 atom stereocenters. The molecule has 1 aromatic rings. The third kappa shape index (κ3) is 3.49. The highest BCUT2D eigenvalue weighted by atomic mass is 79.9. The summed E-state index contributed by atoms with van der Waals surface area (Å²) in [7, 11) is -2.80. The topological polar surface area (TPSA) is 37.4 Å². The third-order valence-electron chi connectivity index (χ3n) is 2.30. The van der Waals surface area contributed by atoms with Crippen LogP contribution < -0.4 is 0 Å². The first-order valence-corrected chi connectivity index (χ1v) is 7.89. The zero-order valence-corrected chi connectivity index (χ0v) is 13.6. The summed E-state index contributed by atoms with van der Waals surface area (Å²) >= 11 is 6.36. The van der Waals surface area contributed by atoms with Gasteiger partial charge in [0.1, 0.15) is 0 Å². The van der Waals surface area contributed by atoms with Crippen molar-refractivity contribution in [3.8, 4) is 0 Å². The lowest BCUT2D eigenvalue weighted by Crippen LogP contribution is -2.31. The zero-order valence-electron chi connectivity index (χ0n) is 9.62. The molecule has 102 valence electrons. The molecular weight excluding hydrogens is 396 g/mol. The fraction of sp³-hybridized carbons (Fsp3) is 0.400. The van der Waals surface area contributed by atoms with Crippen molar-refractivity contribution in [2.75, 3.05) is 13.6 Å². The Labute approximate surface area is 121 Å². The van der Waals surface area contributed by atoms with Crippen molar-refractivity contribution in [2.24, 2.45) is 0 Å². The Hall–Kier alpha value is -0.0500. The van der Waals surface area contributed by atoms with E-state index < -0.39 is 23.0 Å². The number of benzene rings is 1. The molecule has 0 N–H and O–H groups in total. The van der Waals surface area contributed by atoms with Gasteiger partial charge in [0.25, 0.3) is 6.43 Å². The number of hydrogen-bond acceptors (Lipinski definition) is 2. The first-order valence-electron chi connectivity index (χ1n) is 4.86. The summed E-state index contributed by atoms with van der Waals surface area (Å²) in [5.41, 5.74) is 0.845. The number of aryl methyl sites for hydroxylation is 1. The van der Waals surface area contributed by atoms with Crippen LogP contribution in [0.3, 0.4) is 0 Å². The van der Waals surface area contributed by atoms with E-state index in [9.17, 15) is 17.2 Å². The number of rotatable bonds is 4. The Balaban J connectivity index is 3.24. The molecule has 18 heavy (non-hydrogen) atoms. The van der Waals surface area contributed by atoms with E-state index in [1.165, 1.54) is 6.07 Å². The Kier molecular flexibility index (Phi) is 5.28. The molecule has 0 amide bonds. The monoisotopic (exact) mass is 405 g/mol. The molecule has 0 bridgehead atoms. The van der Waals surface area contributed by atoms with Crippen LogP contribution in [0.15, 0.2) is 26.0 Å². The molecule has 8 heteroatoms. The van der Waals surface area contributed by atoms with Crippen LogP contribution in [0.4, 0.5) is 8.78 Å². The van der Waals surface area contributed by atoms with Gasteiger partial charge in [0.05, 0.1) is 11.4 Å². The van der Waals surface area contributed by atoms with Gasteiger partial charge < -0.3 is 0 Å². The predicted octanol–water partition coefficient (Wildman–Crippen LogP) is 3.41. The molecule has 0 aromatic heterocycles. The minimum Gasteiger partial charge on any atom is -0.209 e. The molecule has 0 aliphatic carbocycles. The Morgan fingerprint density at radius 3 is 2.33 bits per heavy atom. The summed E-state index contributed by atoms with van der Waals surface area (Å²) in [5, 5.41) is 0. The van der Waals surface area contributed by atoms with Crippen molar-refractivity contribution in [2.45, 2.75) is 18.2 Å². The summed E-state index contributed by atoms with van der Waals surface area (Å²) in [6.45, 7) is 0.967. The largest absolute Gasteiger partial charge is 0.252 e. The van der Waals surface area contributed by atoms with E-state index in [1.54, 1.807) is 13.0 Å². The van der Waals surface area contributed by atoms with E-state index in [4.69, 9.17) is 0 Å². The molecule has 1 aromatic carbocycles. The van der Waals surface area contributed by atoms with E-state index in [2.05, 4.69) is 31.9 Å². The molecule has 1 rings (SSSR count). The molecule has 0 saturated carbocycles. The zero-order chi connectivity index (χ0) is 14.1. The second-order valence-electron chi connectivity index (χ2n) is 3.71. The first kappa shape index (κ1) is 16.0. The molecule has 0 saturated heterocycles. The second-order valence-corrected chi connectivity index (χ2v) is 7.43. The maximum atomic E-state index is 12.2. The van der Waals surface area contributed by atoms with Crippen molar-refractivity contribution < 1.29 is 17.2 Å². The Morgan fingerprint density at radius 1 is 1.28 bits per heavy atom. The summed E-state index contributed by atoms with van der Waals surface area (Å²) in [4.78, 5) is -0.0388. The molecule has 0 aliphatic rings. The average molecular weight is 407 g/mol. The molecule has 0 fully saturated rings. The van der Waals surface area contributed by atoms with Gasteiger partial charge in [-0.3, -0.25) is 0 Å². The van der Waals surface area contributed by atoms with E-state index in [1.807, 2.05) is 0 Å². The van der Waals surface area contributed by atoms with Crippen LogP contribution in [0, 0.1) is 6.92 Å². The molecule has 0 unspecified atom stereocenters. The second kappa shape index (κ2) is 5.94. The highest BCUT2D eigenvalue weighted by molar-refractivity contribution is 9.11. The van der Waals surface area contributed by atoms with Crippen LogP contribution in [0.25, 0.3) is 0 Å². The quantitative estimate of drug-likeness (QED) is 0.768. The summed E-state index contributed by atoms with van der Waals surface area (Å²) < 4.78 is 50.3. The van der Waals surface area contributed by atoms with Gasteiger partial charge in [-0.05, 0) is 40.5 Å². The van der Waals surface area contributed by atoms with Gasteiger partial charge in [0.15, 0.2) is 0 Å². The highest BCUT2D eigenvalue weighted by Crippen LogP contribution is 2.30. The normalized spacial score (nSPS) is 12.4. The molecule has 0 heterocycles. The fourth-order valence-corrected chi connectivity index (χ4v) is 4.07. The number of halogens is 4. The lowest BCUT2D eigenvalue weighted by atomic mass is 10.2. The summed E-state index contributed by atoms with van der Waals surface area (Å²) in [5.74, 6) is 0. The minimum atomic E-state index is -3.93. The van der Waals surface area contributed by atoms with Crippen LogP contribution in [0.1, 0.15) is 5.56 Å². The smallest absolute Gasteiger partial charge is 0.209 e. The maximum Gasteiger partial charge on any atom is 0.252 e. The molecule has 0 radical (unpaired) electrons. The standard InChI is InChI=1S/C10H11Br2F2NO2S/c1-6-3-8(12)9(4-7(6)11)18(16,17)15(2)5-10(13)14/h3-4,10H,5H2,1-2H3. The van der Waals surface area contributed by atoms with Gasteiger partial charge in [-0.2, -0.15) is 4.31 Å². The molecule has 0 spiro atoms. The van der Waals surface area contributed by atoms with Gasteiger partial charge >= 0.3 is 0 Å². The first-order chi connectivity index (χ1) is 8.16. The summed E-state index contributed by atoms with van der Waals surface area (Å²) in [6, 6.07) is 3.02. The van der Waals surface area contributed by atoms with Crippen molar-refractivity contribution >= 4 is 41.9 Å². The van der Waals surface area contributed by atoms with E-state index in [0.717, 1.165) is 12.6 Å². The van der Waals surface area contributed by atoms with E-state index >= 15 is 0 Å². The maximum absolute atomic E-state index is 12.2. The Morgan fingerprint density at radius 2 is 1.83 bits per heavy atom. The third-order valence-corrected chi connectivity index (χ3v) is 5.93. The van der Waals surface area contributed by atoms with Crippen LogP contribution in [0.5, 0.6) is 0 Å². The fourth-order valence-electron chi connectivity index (χ4n) is 1.29. The average Bonchev–Trinajstić information content (AvgIpc) is 2.22.